The summed E-state index contributed by atoms with van der Waals surface area (Å²) in [4.78, 5) is 4.80. The Kier molecular flexibility index (Phi) is 3.52. The molecule has 19 heavy (non-hydrogen) atoms. The van der Waals surface area contributed by atoms with Gasteiger partial charge in [-0.15, -0.1) is 0 Å². The molecule has 0 aliphatic heterocycles. The van der Waals surface area contributed by atoms with Gasteiger partial charge in [0.1, 0.15) is 11.5 Å². The minimum atomic E-state index is 0.542. The van der Waals surface area contributed by atoms with E-state index in [4.69, 9.17) is 10.7 Å². The SMILES string of the molecule is Cc1c(Br)ccc2nc(C3CCCCCC3)c(N)n12. The Bertz CT molecular complexity index is 595. The Morgan fingerprint density at radius 1 is 1.21 bits per heavy atom. The summed E-state index contributed by atoms with van der Waals surface area (Å²) in [5, 5.41) is 0. The zero-order chi connectivity index (χ0) is 13.4. The number of aryl methyl sites for hydroxylation is 1. The van der Waals surface area contributed by atoms with Crippen molar-refractivity contribution in [3.8, 4) is 0 Å². The molecule has 0 spiro atoms. The van der Waals surface area contributed by atoms with Crippen LogP contribution in [-0.4, -0.2) is 9.38 Å². The van der Waals surface area contributed by atoms with Crippen LogP contribution in [0.15, 0.2) is 16.6 Å². The second-order valence-corrected chi connectivity index (χ2v) is 6.39. The van der Waals surface area contributed by atoms with E-state index in [2.05, 4.69) is 27.3 Å². The van der Waals surface area contributed by atoms with Gasteiger partial charge in [-0.05, 0) is 47.8 Å². The van der Waals surface area contributed by atoms with Crippen LogP contribution in [0.5, 0.6) is 0 Å². The zero-order valence-corrected chi connectivity index (χ0v) is 12.9. The lowest BCUT2D eigenvalue weighted by Gasteiger charge is -2.12. The molecule has 0 amide bonds. The van der Waals surface area contributed by atoms with Crippen molar-refractivity contribution in [1.29, 1.82) is 0 Å². The summed E-state index contributed by atoms with van der Waals surface area (Å²) in [6.07, 6.45) is 7.78. The van der Waals surface area contributed by atoms with E-state index in [9.17, 15) is 0 Å². The van der Waals surface area contributed by atoms with Gasteiger partial charge < -0.3 is 5.73 Å². The average molecular weight is 322 g/mol. The molecule has 1 aliphatic rings. The minimum Gasteiger partial charge on any atom is -0.383 e. The van der Waals surface area contributed by atoms with Gasteiger partial charge in [0.05, 0.1) is 5.69 Å². The maximum absolute atomic E-state index is 6.37. The quantitative estimate of drug-likeness (QED) is 0.790. The number of nitrogens with zero attached hydrogens (tertiary/aromatic N) is 2. The topological polar surface area (TPSA) is 43.3 Å². The highest BCUT2D eigenvalue weighted by atomic mass is 79.9. The first-order chi connectivity index (χ1) is 9.18. The molecular formula is C15H20BrN3. The highest BCUT2D eigenvalue weighted by Gasteiger charge is 2.22. The largest absolute Gasteiger partial charge is 0.383 e. The number of rotatable bonds is 1. The highest BCUT2D eigenvalue weighted by Crippen LogP contribution is 2.35. The lowest BCUT2D eigenvalue weighted by atomic mass is 9.96. The van der Waals surface area contributed by atoms with Crippen LogP contribution in [0.2, 0.25) is 0 Å². The summed E-state index contributed by atoms with van der Waals surface area (Å²) in [5.41, 5.74) is 9.58. The summed E-state index contributed by atoms with van der Waals surface area (Å²) >= 11 is 3.56. The second-order valence-electron chi connectivity index (χ2n) is 5.53. The summed E-state index contributed by atoms with van der Waals surface area (Å²) in [6, 6.07) is 4.08. The summed E-state index contributed by atoms with van der Waals surface area (Å²) < 4.78 is 3.15. The number of pyridine rings is 1. The van der Waals surface area contributed by atoms with Crippen LogP contribution < -0.4 is 5.73 Å². The summed E-state index contributed by atoms with van der Waals surface area (Å²) in [7, 11) is 0. The fourth-order valence-electron chi connectivity index (χ4n) is 3.16. The molecule has 3 rings (SSSR count). The van der Waals surface area contributed by atoms with Crippen LogP contribution in [0.1, 0.15) is 55.8 Å². The third-order valence-corrected chi connectivity index (χ3v) is 5.11. The van der Waals surface area contributed by atoms with Gasteiger partial charge in [-0.25, -0.2) is 4.98 Å². The lowest BCUT2D eigenvalue weighted by molar-refractivity contribution is 0.582. The van der Waals surface area contributed by atoms with Crippen molar-refractivity contribution in [2.24, 2.45) is 0 Å². The van der Waals surface area contributed by atoms with E-state index in [0.717, 1.165) is 27.3 Å². The molecule has 2 N–H and O–H groups in total. The van der Waals surface area contributed by atoms with E-state index >= 15 is 0 Å². The normalized spacial score (nSPS) is 17.8. The molecule has 0 saturated heterocycles. The maximum Gasteiger partial charge on any atom is 0.138 e. The smallest absolute Gasteiger partial charge is 0.138 e. The summed E-state index contributed by atoms with van der Waals surface area (Å²) in [6.45, 7) is 2.08. The molecule has 2 aromatic heterocycles. The van der Waals surface area contributed by atoms with Crippen LogP contribution in [-0.2, 0) is 0 Å². The van der Waals surface area contributed by atoms with Gasteiger partial charge in [-0.3, -0.25) is 4.40 Å². The minimum absolute atomic E-state index is 0.542. The maximum atomic E-state index is 6.37. The van der Waals surface area contributed by atoms with Crippen molar-refractivity contribution >= 4 is 27.4 Å². The first-order valence-corrected chi connectivity index (χ1v) is 7.90. The van der Waals surface area contributed by atoms with Gasteiger partial charge >= 0.3 is 0 Å². The van der Waals surface area contributed by atoms with Crippen molar-refractivity contribution in [1.82, 2.24) is 9.38 Å². The second kappa shape index (κ2) is 5.16. The molecule has 2 heterocycles. The summed E-state index contributed by atoms with van der Waals surface area (Å²) in [5.74, 6) is 1.38. The molecular weight excluding hydrogens is 302 g/mol. The van der Waals surface area contributed by atoms with E-state index in [0.29, 0.717) is 5.92 Å². The van der Waals surface area contributed by atoms with Gasteiger partial charge in [0.15, 0.2) is 0 Å². The van der Waals surface area contributed by atoms with Gasteiger partial charge in [0.2, 0.25) is 0 Å². The fraction of sp³-hybridized carbons (Fsp3) is 0.533. The average Bonchev–Trinajstić information content (AvgIpc) is 2.60. The highest BCUT2D eigenvalue weighted by molar-refractivity contribution is 9.10. The molecule has 0 aromatic carbocycles. The predicted octanol–water partition coefficient (Wildman–Crippen LogP) is 4.43. The van der Waals surface area contributed by atoms with E-state index < -0.39 is 0 Å². The predicted molar refractivity (Wildman–Crippen MR) is 82.5 cm³/mol. The van der Waals surface area contributed by atoms with Gasteiger partial charge in [-0.1, -0.05) is 25.7 Å². The van der Waals surface area contributed by atoms with Gasteiger partial charge in [-0.2, -0.15) is 0 Å². The van der Waals surface area contributed by atoms with Gasteiger partial charge in [0, 0.05) is 16.1 Å². The van der Waals surface area contributed by atoms with Crippen molar-refractivity contribution < 1.29 is 0 Å². The number of hydrogen-bond donors (Lipinski definition) is 1. The molecule has 0 radical (unpaired) electrons. The van der Waals surface area contributed by atoms with Crippen molar-refractivity contribution in [2.75, 3.05) is 5.73 Å². The number of aromatic nitrogens is 2. The number of nitrogens with two attached hydrogens (primary N) is 1. The van der Waals surface area contributed by atoms with Crippen molar-refractivity contribution in [3.63, 3.8) is 0 Å². The molecule has 102 valence electrons. The van der Waals surface area contributed by atoms with Crippen LogP contribution in [0, 0.1) is 6.92 Å². The van der Waals surface area contributed by atoms with E-state index in [1.807, 2.05) is 12.1 Å². The molecule has 4 heteroatoms. The van der Waals surface area contributed by atoms with E-state index in [1.165, 1.54) is 38.5 Å². The Balaban J connectivity index is 2.09. The van der Waals surface area contributed by atoms with Crippen LogP contribution in [0.4, 0.5) is 5.82 Å². The number of nitrogen functional groups attached to an aromatic ring is 1. The van der Waals surface area contributed by atoms with Gasteiger partial charge in [0.25, 0.3) is 0 Å². The molecule has 0 unspecified atom stereocenters. The van der Waals surface area contributed by atoms with E-state index in [1.54, 1.807) is 0 Å². The molecule has 0 atom stereocenters. The number of halogens is 1. The monoisotopic (exact) mass is 321 g/mol. The van der Waals surface area contributed by atoms with Crippen molar-refractivity contribution in [3.05, 3.63) is 28.0 Å². The van der Waals surface area contributed by atoms with E-state index in [-0.39, 0.29) is 0 Å². The lowest BCUT2D eigenvalue weighted by Crippen LogP contribution is -2.04. The molecule has 1 aliphatic carbocycles. The zero-order valence-electron chi connectivity index (χ0n) is 11.3. The first kappa shape index (κ1) is 13.0. The number of fused-ring (bicyclic) bond motifs is 1. The molecule has 2 aromatic rings. The first-order valence-electron chi connectivity index (χ1n) is 7.11. The van der Waals surface area contributed by atoms with Crippen molar-refractivity contribution in [2.45, 2.75) is 51.4 Å². The van der Waals surface area contributed by atoms with Crippen LogP contribution in [0.3, 0.4) is 0 Å². The molecule has 1 fully saturated rings. The number of anilines is 1. The van der Waals surface area contributed by atoms with Crippen LogP contribution >= 0.6 is 15.9 Å². The number of imidazole rings is 1. The molecule has 0 bridgehead atoms. The Morgan fingerprint density at radius 3 is 2.58 bits per heavy atom. The Hall–Kier alpha value is -1.03. The number of hydrogen-bond acceptors (Lipinski definition) is 2. The third-order valence-electron chi connectivity index (χ3n) is 4.27. The molecule has 1 saturated carbocycles. The fourth-order valence-corrected chi connectivity index (χ4v) is 3.47. The Labute approximate surface area is 122 Å². The molecule has 3 nitrogen and oxygen atoms in total. The third kappa shape index (κ3) is 2.27. The standard InChI is InChI=1S/C15H20BrN3/c1-10-12(16)8-9-13-18-14(15(17)19(10)13)11-6-4-2-3-5-7-11/h8-9,11H,2-7,17H2,1H3. The Morgan fingerprint density at radius 2 is 1.89 bits per heavy atom. The van der Waals surface area contributed by atoms with Crippen LogP contribution in [0.25, 0.3) is 5.65 Å².